The van der Waals surface area contributed by atoms with Crippen molar-refractivity contribution in [2.45, 2.75) is 12.5 Å². The second-order valence-corrected chi connectivity index (χ2v) is 7.30. The summed E-state index contributed by atoms with van der Waals surface area (Å²) in [7, 11) is 3.04. The lowest BCUT2D eigenvalue weighted by Crippen LogP contribution is -2.49. The smallest absolute Gasteiger partial charge is 0.269 e. The fraction of sp³-hybridized carbons (Fsp3) is 0.200. The van der Waals surface area contributed by atoms with E-state index >= 15 is 0 Å². The Labute approximate surface area is 183 Å². The number of ether oxygens (including phenoxy) is 1. The third-order valence-electron chi connectivity index (χ3n) is 4.50. The molecular weight excluding hydrogens is 428 g/mol. The van der Waals surface area contributed by atoms with Gasteiger partial charge in [-0.05, 0) is 60.7 Å². The maximum absolute atomic E-state index is 12.6. The standard InChI is InChI=1S/C20H19ClN4O4S/c1-24-19(28)16(11-17(26)22-14-7-9-15(29-2)10-8-14)25(20(24)30)23-18(27)12-3-5-13(21)6-4-12/h3-10,16H,11H2,1-2H3,(H,22,26)(H,23,27). The van der Waals surface area contributed by atoms with Crippen molar-refractivity contribution in [2.24, 2.45) is 0 Å². The Balaban J connectivity index is 1.70. The summed E-state index contributed by atoms with van der Waals surface area (Å²) in [5, 5.41) is 4.55. The Bertz CT molecular complexity index is 981. The first kappa shape index (κ1) is 21.5. The summed E-state index contributed by atoms with van der Waals surface area (Å²) in [4.78, 5) is 38.9. The molecule has 0 bridgehead atoms. The lowest BCUT2D eigenvalue weighted by molar-refractivity contribution is -0.130. The molecule has 8 nitrogen and oxygen atoms in total. The quantitative estimate of drug-likeness (QED) is 0.662. The zero-order valence-electron chi connectivity index (χ0n) is 16.2. The number of nitrogens with one attached hydrogen (secondary N) is 2. The molecule has 0 radical (unpaired) electrons. The number of benzene rings is 2. The van der Waals surface area contributed by atoms with Crippen LogP contribution < -0.4 is 15.5 Å². The van der Waals surface area contributed by atoms with E-state index in [2.05, 4.69) is 10.7 Å². The maximum atomic E-state index is 12.6. The summed E-state index contributed by atoms with van der Waals surface area (Å²) < 4.78 is 5.08. The molecule has 2 aromatic carbocycles. The van der Waals surface area contributed by atoms with Crippen LogP contribution in [-0.4, -0.2) is 52.9 Å². The minimum Gasteiger partial charge on any atom is -0.497 e. The van der Waals surface area contributed by atoms with E-state index in [-0.39, 0.29) is 17.4 Å². The van der Waals surface area contributed by atoms with Crippen LogP contribution in [-0.2, 0) is 9.59 Å². The van der Waals surface area contributed by atoms with E-state index in [4.69, 9.17) is 28.6 Å². The Morgan fingerprint density at radius 3 is 2.37 bits per heavy atom. The van der Waals surface area contributed by atoms with Gasteiger partial charge in [-0.25, -0.2) is 5.01 Å². The van der Waals surface area contributed by atoms with Crippen molar-refractivity contribution in [1.82, 2.24) is 15.3 Å². The van der Waals surface area contributed by atoms with E-state index in [0.29, 0.717) is 22.0 Å². The predicted octanol–water partition coefficient (Wildman–Crippen LogP) is 2.45. The number of likely N-dealkylation sites (N-methyl/N-ethyl adjacent to an activating group) is 1. The number of carbonyl (C=O) groups excluding carboxylic acids is 3. The van der Waals surface area contributed by atoms with Gasteiger partial charge >= 0.3 is 0 Å². The zero-order chi connectivity index (χ0) is 21.8. The molecule has 3 amide bonds. The van der Waals surface area contributed by atoms with Crippen molar-refractivity contribution in [3.05, 3.63) is 59.1 Å². The molecule has 0 spiro atoms. The average Bonchev–Trinajstić information content (AvgIpc) is 2.93. The second kappa shape index (κ2) is 9.10. The predicted molar refractivity (Wildman–Crippen MR) is 116 cm³/mol. The summed E-state index contributed by atoms with van der Waals surface area (Å²) in [5.74, 6) is -0.608. The fourth-order valence-corrected chi connectivity index (χ4v) is 3.25. The molecule has 1 saturated heterocycles. The van der Waals surface area contributed by atoms with Crippen LogP contribution in [0.4, 0.5) is 5.69 Å². The van der Waals surface area contributed by atoms with Crippen LogP contribution in [0, 0.1) is 0 Å². The monoisotopic (exact) mass is 446 g/mol. The van der Waals surface area contributed by atoms with Crippen molar-refractivity contribution in [3.63, 3.8) is 0 Å². The van der Waals surface area contributed by atoms with Crippen molar-refractivity contribution >= 4 is 52.3 Å². The molecule has 10 heteroatoms. The van der Waals surface area contributed by atoms with Gasteiger partial charge in [0, 0.05) is 23.3 Å². The molecule has 156 valence electrons. The van der Waals surface area contributed by atoms with Gasteiger partial charge in [0.15, 0.2) is 5.11 Å². The minimum atomic E-state index is -0.961. The molecule has 0 saturated carbocycles. The highest BCUT2D eigenvalue weighted by Crippen LogP contribution is 2.20. The molecule has 1 unspecified atom stereocenters. The van der Waals surface area contributed by atoms with Gasteiger partial charge in [-0.15, -0.1) is 0 Å². The molecule has 2 N–H and O–H groups in total. The molecule has 30 heavy (non-hydrogen) atoms. The number of anilines is 1. The lowest BCUT2D eigenvalue weighted by Gasteiger charge is -2.24. The van der Waals surface area contributed by atoms with Gasteiger partial charge in [-0.2, -0.15) is 0 Å². The number of methoxy groups -OCH3 is 1. The third kappa shape index (κ3) is 4.69. The third-order valence-corrected chi connectivity index (χ3v) is 5.22. The van der Waals surface area contributed by atoms with E-state index in [1.807, 2.05) is 0 Å². The summed E-state index contributed by atoms with van der Waals surface area (Å²) >= 11 is 11.1. The van der Waals surface area contributed by atoms with Crippen LogP contribution in [0.15, 0.2) is 48.5 Å². The van der Waals surface area contributed by atoms with Gasteiger partial charge < -0.3 is 10.1 Å². The Morgan fingerprint density at radius 2 is 1.77 bits per heavy atom. The number of amides is 3. The summed E-state index contributed by atoms with van der Waals surface area (Å²) in [5.41, 5.74) is 3.50. The average molecular weight is 447 g/mol. The van der Waals surface area contributed by atoms with Crippen LogP contribution in [0.25, 0.3) is 0 Å². The van der Waals surface area contributed by atoms with Crippen LogP contribution in [0.5, 0.6) is 5.75 Å². The van der Waals surface area contributed by atoms with Crippen molar-refractivity contribution in [2.75, 3.05) is 19.5 Å². The second-order valence-electron chi connectivity index (χ2n) is 6.49. The van der Waals surface area contributed by atoms with Gasteiger partial charge in [-0.3, -0.25) is 24.7 Å². The van der Waals surface area contributed by atoms with E-state index in [1.165, 1.54) is 17.0 Å². The van der Waals surface area contributed by atoms with Crippen LogP contribution in [0.3, 0.4) is 0 Å². The number of nitrogens with zero attached hydrogens (tertiary/aromatic N) is 2. The number of rotatable bonds is 6. The number of hydrogen-bond acceptors (Lipinski definition) is 5. The van der Waals surface area contributed by atoms with Gasteiger partial charge in [0.05, 0.1) is 13.5 Å². The largest absolute Gasteiger partial charge is 0.497 e. The normalized spacial score (nSPS) is 15.9. The molecular formula is C20H19ClN4O4S. The van der Waals surface area contributed by atoms with Crippen molar-refractivity contribution in [1.29, 1.82) is 0 Å². The lowest BCUT2D eigenvalue weighted by atomic mass is 10.2. The fourth-order valence-electron chi connectivity index (χ4n) is 2.86. The number of thiocarbonyl (C=S) groups is 1. The first-order valence-electron chi connectivity index (χ1n) is 8.91. The van der Waals surface area contributed by atoms with E-state index in [0.717, 1.165) is 0 Å². The highest BCUT2D eigenvalue weighted by molar-refractivity contribution is 7.80. The first-order chi connectivity index (χ1) is 14.3. The van der Waals surface area contributed by atoms with E-state index in [1.54, 1.807) is 55.6 Å². The Hall–Kier alpha value is -3.17. The number of halogens is 1. The highest BCUT2D eigenvalue weighted by Gasteiger charge is 2.42. The first-order valence-corrected chi connectivity index (χ1v) is 9.70. The van der Waals surface area contributed by atoms with Crippen LogP contribution >= 0.6 is 23.8 Å². The molecule has 1 atom stereocenters. The number of carbonyl (C=O) groups is 3. The van der Waals surface area contributed by atoms with Crippen LogP contribution in [0.1, 0.15) is 16.8 Å². The van der Waals surface area contributed by atoms with Gasteiger partial charge in [0.2, 0.25) is 5.91 Å². The molecule has 2 aromatic rings. The van der Waals surface area contributed by atoms with Crippen molar-refractivity contribution < 1.29 is 19.1 Å². The Kier molecular flexibility index (Phi) is 6.53. The molecule has 1 heterocycles. The highest BCUT2D eigenvalue weighted by atomic mass is 35.5. The van der Waals surface area contributed by atoms with Crippen molar-refractivity contribution in [3.8, 4) is 5.75 Å². The topological polar surface area (TPSA) is 91.0 Å². The summed E-state index contributed by atoms with van der Waals surface area (Å²) in [6.07, 6.45) is -0.198. The molecule has 0 aromatic heterocycles. The number of hydrogen-bond donors (Lipinski definition) is 2. The van der Waals surface area contributed by atoms with E-state index in [9.17, 15) is 14.4 Å². The zero-order valence-corrected chi connectivity index (χ0v) is 17.8. The van der Waals surface area contributed by atoms with Gasteiger partial charge in [-0.1, -0.05) is 11.6 Å². The summed E-state index contributed by atoms with van der Waals surface area (Å²) in [6.45, 7) is 0. The van der Waals surface area contributed by atoms with Crippen LogP contribution in [0.2, 0.25) is 5.02 Å². The molecule has 1 aliphatic rings. The van der Waals surface area contributed by atoms with Gasteiger partial charge in [0.1, 0.15) is 11.8 Å². The van der Waals surface area contributed by atoms with E-state index < -0.39 is 17.9 Å². The summed E-state index contributed by atoms with van der Waals surface area (Å²) in [6, 6.07) is 12.1. The number of hydrazine groups is 1. The molecule has 0 aliphatic carbocycles. The van der Waals surface area contributed by atoms with Gasteiger partial charge in [0.25, 0.3) is 11.8 Å². The minimum absolute atomic E-state index is 0.101. The SMILES string of the molecule is COc1ccc(NC(=O)CC2C(=O)N(C)C(=S)N2NC(=O)c2ccc(Cl)cc2)cc1. The maximum Gasteiger partial charge on any atom is 0.269 e. The molecule has 1 fully saturated rings. The molecule has 1 aliphatic heterocycles. The molecule has 3 rings (SSSR count). The Morgan fingerprint density at radius 1 is 1.13 bits per heavy atom.